The van der Waals surface area contributed by atoms with Crippen molar-refractivity contribution in [1.29, 1.82) is 0 Å². The van der Waals surface area contributed by atoms with Crippen LogP contribution in [-0.2, 0) is 9.53 Å². The van der Waals surface area contributed by atoms with Crippen molar-refractivity contribution in [2.45, 2.75) is 32.8 Å². The van der Waals surface area contributed by atoms with Crippen molar-refractivity contribution in [3.8, 4) is 5.75 Å². The molecular formula is C26H27NO5. The monoisotopic (exact) mass is 433 g/mol. The van der Waals surface area contributed by atoms with Crippen LogP contribution < -0.4 is 5.32 Å². The Morgan fingerprint density at radius 1 is 1.00 bits per heavy atom. The molecule has 0 fully saturated rings. The Morgan fingerprint density at radius 2 is 1.66 bits per heavy atom. The van der Waals surface area contributed by atoms with E-state index in [1.54, 1.807) is 30.3 Å². The summed E-state index contributed by atoms with van der Waals surface area (Å²) in [4.78, 5) is 23.6. The van der Waals surface area contributed by atoms with Crippen LogP contribution in [0.1, 0.15) is 38.4 Å². The molecule has 1 atom stereocenters. The third-order valence-corrected chi connectivity index (χ3v) is 5.39. The van der Waals surface area contributed by atoms with Gasteiger partial charge in [-0.2, -0.15) is 0 Å². The van der Waals surface area contributed by atoms with Crippen LogP contribution in [0, 0.1) is 5.41 Å². The molecule has 3 aromatic carbocycles. The number of hydrogen-bond acceptors (Lipinski definition) is 4. The molecular weight excluding hydrogens is 406 g/mol. The van der Waals surface area contributed by atoms with Gasteiger partial charge in [-0.25, -0.2) is 9.59 Å². The van der Waals surface area contributed by atoms with Gasteiger partial charge in [0.15, 0.2) is 0 Å². The zero-order valence-electron chi connectivity index (χ0n) is 18.1. The van der Waals surface area contributed by atoms with Gasteiger partial charge in [-0.1, -0.05) is 68.5 Å². The van der Waals surface area contributed by atoms with E-state index in [1.165, 1.54) is 0 Å². The normalized spacial score (nSPS) is 12.6. The Balaban J connectivity index is 1.95. The fraction of sp³-hybridized carbons (Fsp3) is 0.231. The number of nitrogens with one attached hydrogen (secondary N) is 1. The largest absolute Gasteiger partial charge is 0.507 e. The van der Waals surface area contributed by atoms with E-state index < -0.39 is 23.6 Å². The first kappa shape index (κ1) is 22.9. The van der Waals surface area contributed by atoms with Crippen LogP contribution in [0.25, 0.3) is 10.8 Å². The molecule has 0 heterocycles. The van der Waals surface area contributed by atoms with E-state index in [0.29, 0.717) is 23.9 Å². The molecule has 0 saturated heterocycles. The number of ether oxygens (including phenoxy) is 1. The summed E-state index contributed by atoms with van der Waals surface area (Å²) < 4.78 is 5.96. The lowest BCUT2D eigenvalue weighted by molar-refractivity contribution is -0.131. The zero-order valence-corrected chi connectivity index (χ0v) is 18.1. The average molecular weight is 434 g/mol. The lowest BCUT2D eigenvalue weighted by atomic mass is 9.77. The number of phenolic OH excluding ortho intramolecular Hbond substituents is 1. The second-order valence-electron chi connectivity index (χ2n) is 8.26. The number of carboxylic acids is 1. The van der Waals surface area contributed by atoms with E-state index in [2.05, 4.69) is 5.32 Å². The SMILES string of the molecule is CC(C)(CC/C=C/C(=O)O)[C@H](OC(=O)Nc1ccccc1)c1ccc(O)c2ccccc12. The van der Waals surface area contributed by atoms with Crippen LogP contribution in [0.2, 0.25) is 0 Å². The number of para-hydroxylation sites is 1. The molecule has 0 bridgehead atoms. The number of aromatic hydroxyl groups is 1. The number of carbonyl (C=O) groups excluding carboxylic acids is 1. The molecule has 0 aliphatic heterocycles. The standard InChI is InChI=1S/C26H27NO5/c1-26(2,17-9-8-14-23(29)30)24(32-25(31)27-18-10-4-3-5-11-18)21-15-16-22(28)20-13-7-6-12-19(20)21/h3-8,10-16,24,28H,9,17H2,1-2H3,(H,27,31)(H,29,30)/b14-8+/t24-/m1/s1. The Morgan fingerprint density at radius 3 is 2.34 bits per heavy atom. The molecule has 3 N–H and O–H groups in total. The molecule has 3 rings (SSSR count). The minimum absolute atomic E-state index is 0.152. The third-order valence-electron chi connectivity index (χ3n) is 5.39. The van der Waals surface area contributed by atoms with Crippen LogP contribution >= 0.6 is 0 Å². The van der Waals surface area contributed by atoms with Crippen molar-refractivity contribution in [3.05, 3.63) is 84.4 Å². The first-order chi connectivity index (χ1) is 15.3. The number of rotatable bonds is 8. The smallest absolute Gasteiger partial charge is 0.412 e. The summed E-state index contributed by atoms with van der Waals surface area (Å²) in [5.74, 6) is -0.846. The summed E-state index contributed by atoms with van der Waals surface area (Å²) >= 11 is 0. The van der Waals surface area contributed by atoms with Gasteiger partial charge in [-0.05, 0) is 36.4 Å². The lowest BCUT2D eigenvalue weighted by Crippen LogP contribution is -2.29. The fourth-order valence-corrected chi connectivity index (χ4v) is 3.73. The molecule has 0 saturated carbocycles. The summed E-state index contributed by atoms with van der Waals surface area (Å²) in [7, 11) is 0. The topological polar surface area (TPSA) is 95.9 Å². The van der Waals surface area contributed by atoms with Gasteiger partial charge in [0.1, 0.15) is 11.9 Å². The molecule has 166 valence electrons. The molecule has 0 unspecified atom stereocenters. The molecule has 0 aromatic heterocycles. The Labute approximate surface area is 187 Å². The lowest BCUT2D eigenvalue weighted by Gasteiger charge is -2.34. The van der Waals surface area contributed by atoms with Gasteiger partial charge in [0.05, 0.1) is 0 Å². The molecule has 0 radical (unpaired) electrons. The number of hydrogen-bond donors (Lipinski definition) is 3. The highest BCUT2D eigenvalue weighted by Gasteiger charge is 2.35. The summed E-state index contributed by atoms with van der Waals surface area (Å²) in [5, 5.41) is 23.4. The van der Waals surface area contributed by atoms with Crippen molar-refractivity contribution in [1.82, 2.24) is 0 Å². The highest BCUT2D eigenvalue weighted by atomic mass is 16.6. The molecule has 3 aromatic rings. The summed E-state index contributed by atoms with van der Waals surface area (Å²) in [6, 6.07) is 19.8. The van der Waals surface area contributed by atoms with Gasteiger partial charge in [-0.15, -0.1) is 0 Å². The third kappa shape index (κ3) is 5.66. The maximum atomic E-state index is 12.8. The first-order valence-electron chi connectivity index (χ1n) is 10.4. The zero-order chi connectivity index (χ0) is 23.1. The predicted octanol–water partition coefficient (Wildman–Crippen LogP) is 6.28. The highest BCUT2D eigenvalue weighted by molar-refractivity contribution is 5.91. The van der Waals surface area contributed by atoms with Crippen molar-refractivity contribution in [2.75, 3.05) is 5.32 Å². The fourth-order valence-electron chi connectivity index (χ4n) is 3.73. The number of anilines is 1. The predicted molar refractivity (Wildman–Crippen MR) is 125 cm³/mol. The molecule has 6 nitrogen and oxygen atoms in total. The Hall–Kier alpha value is -3.80. The van der Waals surface area contributed by atoms with E-state index >= 15 is 0 Å². The van der Waals surface area contributed by atoms with E-state index in [9.17, 15) is 14.7 Å². The minimum atomic E-state index is -0.998. The second kappa shape index (κ2) is 10.0. The molecule has 0 spiro atoms. The van der Waals surface area contributed by atoms with Gasteiger partial charge in [0.2, 0.25) is 0 Å². The van der Waals surface area contributed by atoms with Crippen LogP contribution in [0.3, 0.4) is 0 Å². The molecule has 32 heavy (non-hydrogen) atoms. The van der Waals surface area contributed by atoms with Crippen molar-refractivity contribution in [2.24, 2.45) is 5.41 Å². The summed E-state index contributed by atoms with van der Waals surface area (Å²) in [5.41, 5.74) is 0.860. The quantitative estimate of drug-likeness (QED) is 0.363. The molecule has 0 aliphatic carbocycles. The number of allylic oxidation sites excluding steroid dienone is 1. The maximum absolute atomic E-state index is 12.8. The molecule has 1 amide bonds. The number of benzene rings is 3. The van der Waals surface area contributed by atoms with Gasteiger partial charge in [0, 0.05) is 28.1 Å². The number of carbonyl (C=O) groups is 2. The first-order valence-corrected chi connectivity index (χ1v) is 10.4. The number of fused-ring (bicyclic) bond motifs is 1. The number of aliphatic carboxylic acids is 1. The Bertz CT molecular complexity index is 1120. The Kier molecular flexibility index (Phi) is 7.15. The number of amides is 1. The summed E-state index contributed by atoms with van der Waals surface area (Å²) in [6.45, 7) is 3.95. The van der Waals surface area contributed by atoms with Crippen LogP contribution in [0.15, 0.2) is 78.9 Å². The van der Waals surface area contributed by atoms with Gasteiger partial charge in [-0.3, -0.25) is 5.32 Å². The van der Waals surface area contributed by atoms with E-state index in [0.717, 1.165) is 17.0 Å². The maximum Gasteiger partial charge on any atom is 0.412 e. The summed E-state index contributed by atoms with van der Waals surface area (Å²) in [6.07, 6.45) is 2.57. The highest BCUT2D eigenvalue weighted by Crippen LogP contribution is 2.44. The number of phenols is 1. The van der Waals surface area contributed by atoms with E-state index in [4.69, 9.17) is 9.84 Å². The molecule has 0 aliphatic rings. The van der Waals surface area contributed by atoms with E-state index in [-0.39, 0.29) is 5.75 Å². The van der Waals surface area contributed by atoms with Crippen LogP contribution in [0.4, 0.5) is 10.5 Å². The van der Waals surface area contributed by atoms with Crippen LogP contribution in [-0.4, -0.2) is 22.3 Å². The van der Waals surface area contributed by atoms with E-state index in [1.807, 2.05) is 56.3 Å². The van der Waals surface area contributed by atoms with Crippen LogP contribution in [0.5, 0.6) is 5.75 Å². The minimum Gasteiger partial charge on any atom is -0.507 e. The van der Waals surface area contributed by atoms with Crippen molar-refractivity contribution < 1.29 is 24.5 Å². The van der Waals surface area contributed by atoms with Gasteiger partial charge < -0.3 is 14.9 Å². The van der Waals surface area contributed by atoms with Gasteiger partial charge >= 0.3 is 12.1 Å². The van der Waals surface area contributed by atoms with Crippen molar-refractivity contribution >= 4 is 28.5 Å². The molecule has 6 heteroatoms. The van der Waals surface area contributed by atoms with Crippen molar-refractivity contribution in [3.63, 3.8) is 0 Å². The van der Waals surface area contributed by atoms with Gasteiger partial charge in [0.25, 0.3) is 0 Å². The average Bonchev–Trinajstić information content (AvgIpc) is 2.76. The second-order valence-corrected chi connectivity index (χ2v) is 8.26. The number of carboxylic acid groups (broad SMARTS) is 1.